The van der Waals surface area contributed by atoms with Crippen molar-refractivity contribution >= 4 is 45.4 Å². The Hall–Kier alpha value is -3.21. The summed E-state index contributed by atoms with van der Waals surface area (Å²) in [7, 11) is 2.51. The van der Waals surface area contributed by atoms with Crippen LogP contribution in [0.1, 0.15) is 20.8 Å². The van der Waals surface area contributed by atoms with Crippen LogP contribution in [0.2, 0.25) is 0 Å². The summed E-state index contributed by atoms with van der Waals surface area (Å²) < 4.78 is 12.2. The van der Waals surface area contributed by atoms with Gasteiger partial charge in [0.05, 0.1) is 25.4 Å². The lowest BCUT2D eigenvalue weighted by Crippen LogP contribution is -2.15. The standard InChI is InChI=1S/C20H15IN4O4/c1-28-19(26)15-16(11-8-9-13-14(10-11)22-23-18(13)21)24-25(17(15)20(27)29-2)12-6-4-3-5-7-12/h3-10H,1-2H3,(H,22,23). The molecule has 4 aromatic rings. The number of nitrogens with one attached hydrogen (secondary N) is 1. The number of rotatable bonds is 4. The van der Waals surface area contributed by atoms with Crippen molar-refractivity contribution in [2.45, 2.75) is 0 Å². The third-order valence-electron chi connectivity index (χ3n) is 4.44. The number of H-pyrrole nitrogens is 1. The molecule has 2 aromatic carbocycles. The van der Waals surface area contributed by atoms with Crippen molar-refractivity contribution in [2.75, 3.05) is 14.2 Å². The topological polar surface area (TPSA) is 99.1 Å². The van der Waals surface area contributed by atoms with Crippen LogP contribution in [0.3, 0.4) is 0 Å². The van der Waals surface area contributed by atoms with Crippen LogP contribution >= 0.6 is 22.6 Å². The van der Waals surface area contributed by atoms with E-state index in [0.29, 0.717) is 16.9 Å². The quantitative estimate of drug-likeness (QED) is 0.339. The van der Waals surface area contributed by atoms with Gasteiger partial charge in [-0.15, -0.1) is 0 Å². The zero-order valence-electron chi connectivity index (χ0n) is 15.5. The first-order valence-electron chi connectivity index (χ1n) is 8.54. The smallest absolute Gasteiger partial charge is 0.357 e. The van der Waals surface area contributed by atoms with E-state index in [4.69, 9.17) is 9.47 Å². The van der Waals surface area contributed by atoms with Crippen LogP contribution in [0.4, 0.5) is 0 Å². The van der Waals surface area contributed by atoms with Crippen LogP contribution in [0.25, 0.3) is 27.8 Å². The normalized spacial score (nSPS) is 10.9. The number of ether oxygens (including phenoxy) is 2. The van der Waals surface area contributed by atoms with Gasteiger partial charge in [-0.05, 0) is 46.9 Å². The number of hydrogen-bond acceptors (Lipinski definition) is 6. The first-order chi connectivity index (χ1) is 14.0. The monoisotopic (exact) mass is 502 g/mol. The molecule has 2 aromatic heterocycles. The number of nitrogens with zero attached hydrogens (tertiary/aromatic N) is 3. The van der Waals surface area contributed by atoms with Crippen LogP contribution < -0.4 is 0 Å². The number of carbonyl (C=O) groups excluding carboxylic acids is 2. The molecular weight excluding hydrogens is 487 g/mol. The molecule has 0 aliphatic carbocycles. The fourth-order valence-electron chi connectivity index (χ4n) is 3.08. The Morgan fingerprint density at radius 1 is 1.03 bits per heavy atom. The van der Waals surface area contributed by atoms with Gasteiger partial charge in [0, 0.05) is 10.9 Å². The molecule has 0 aliphatic rings. The lowest BCUT2D eigenvalue weighted by atomic mass is 10.0. The van der Waals surface area contributed by atoms with E-state index in [0.717, 1.165) is 14.6 Å². The number of halogens is 1. The van der Waals surface area contributed by atoms with Gasteiger partial charge in [-0.3, -0.25) is 5.10 Å². The number of hydrogen-bond donors (Lipinski definition) is 1. The highest BCUT2D eigenvalue weighted by Gasteiger charge is 2.31. The van der Waals surface area contributed by atoms with Crippen molar-refractivity contribution in [1.82, 2.24) is 20.0 Å². The fraction of sp³-hybridized carbons (Fsp3) is 0.100. The molecule has 29 heavy (non-hydrogen) atoms. The van der Waals surface area contributed by atoms with Crippen molar-refractivity contribution in [3.05, 3.63) is 63.5 Å². The van der Waals surface area contributed by atoms with Gasteiger partial charge in [0.1, 0.15) is 15.0 Å². The van der Waals surface area contributed by atoms with E-state index in [1.165, 1.54) is 18.9 Å². The molecule has 146 valence electrons. The Bertz CT molecular complexity index is 1230. The Labute approximate surface area is 179 Å². The van der Waals surface area contributed by atoms with Gasteiger partial charge in [0.25, 0.3) is 0 Å². The molecule has 0 radical (unpaired) electrons. The second-order valence-corrected chi connectivity index (χ2v) is 7.15. The van der Waals surface area contributed by atoms with Gasteiger partial charge in [0.2, 0.25) is 0 Å². The van der Waals surface area contributed by atoms with E-state index in [1.54, 1.807) is 18.2 Å². The minimum atomic E-state index is -0.691. The van der Waals surface area contributed by atoms with Crippen LogP contribution in [-0.4, -0.2) is 46.1 Å². The highest BCUT2D eigenvalue weighted by Crippen LogP contribution is 2.31. The summed E-state index contributed by atoms with van der Waals surface area (Å²) in [4.78, 5) is 25.3. The molecule has 0 saturated heterocycles. The van der Waals surface area contributed by atoms with E-state index >= 15 is 0 Å². The van der Waals surface area contributed by atoms with Crippen molar-refractivity contribution in [3.63, 3.8) is 0 Å². The molecule has 0 aliphatic heterocycles. The zero-order chi connectivity index (χ0) is 20.5. The average Bonchev–Trinajstić information content (AvgIpc) is 3.34. The Balaban J connectivity index is 2.02. The average molecular weight is 502 g/mol. The fourth-order valence-corrected chi connectivity index (χ4v) is 3.66. The SMILES string of the molecule is COC(=O)c1c(-c2ccc3c(I)[nH]nc3c2)nn(-c2ccccc2)c1C(=O)OC. The maximum atomic E-state index is 12.7. The summed E-state index contributed by atoms with van der Waals surface area (Å²) in [6.45, 7) is 0. The van der Waals surface area contributed by atoms with Crippen LogP contribution in [0, 0.1) is 3.70 Å². The summed E-state index contributed by atoms with van der Waals surface area (Å²) in [6.07, 6.45) is 0. The van der Waals surface area contributed by atoms with Gasteiger partial charge >= 0.3 is 11.9 Å². The van der Waals surface area contributed by atoms with Crippen LogP contribution in [0.5, 0.6) is 0 Å². The molecule has 8 nitrogen and oxygen atoms in total. The maximum Gasteiger partial charge on any atom is 0.357 e. The first kappa shape index (κ1) is 19.1. The van der Waals surface area contributed by atoms with Gasteiger partial charge in [-0.25, -0.2) is 14.3 Å². The molecule has 0 spiro atoms. The molecule has 0 unspecified atom stereocenters. The third kappa shape index (κ3) is 3.27. The number of benzene rings is 2. The Kier molecular flexibility index (Phi) is 5.05. The highest BCUT2D eigenvalue weighted by atomic mass is 127. The Morgan fingerprint density at radius 3 is 2.45 bits per heavy atom. The van der Waals surface area contributed by atoms with E-state index in [1.807, 2.05) is 30.3 Å². The maximum absolute atomic E-state index is 12.7. The van der Waals surface area contributed by atoms with Gasteiger partial charge < -0.3 is 9.47 Å². The predicted molar refractivity (Wildman–Crippen MR) is 114 cm³/mol. The molecule has 4 rings (SSSR count). The second-order valence-electron chi connectivity index (χ2n) is 6.07. The number of esters is 2. The number of methoxy groups -OCH3 is 2. The van der Waals surface area contributed by atoms with Crippen LogP contribution in [0.15, 0.2) is 48.5 Å². The third-order valence-corrected chi connectivity index (χ3v) is 5.26. The molecule has 1 N–H and O–H groups in total. The number of carbonyl (C=O) groups is 2. The molecular formula is C20H15IN4O4. The minimum absolute atomic E-state index is 0.00254. The van der Waals surface area contributed by atoms with Crippen molar-refractivity contribution in [2.24, 2.45) is 0 Å². The van der Waals surface area contributed by atoms with Crippen molar-refractivity contribution < 1.29 is 19.1 Å². The summed E-state index contributed by atoms with van der Waals surface area (Å²) in [5.41, 5.74) is 2.29. The second kappa shape index (κ2) is 7.66. The van der Waals surface area contributed by atoms with Crippen LogP contribution in [-0.2, 0) is 9.47 Å². The molecule has 2 heterocycles. The molecule has 0 fully saturated rings. The highest BCUT2D eigenvalue weighted by molar-refractivity contribution is 14.1. The van der Waals surface area contributed by atoms with E-state index < -0.39 is 11.9 Å². The summed E-state index contributed by atoms with van der Waals surface area (Å²) in [6, 6.07) is 14.6. The van der Waals surface area contributed by atoms with Gasteiger partial charge in [-0.1, -0.05) is 24.3 Å². The van der Waals surface area contributed by atoms with Gasteiger partial charge in [-0.2, -0.15) is 10.2 Å². The van der Waals surface area contributed by atoms with Crippen molar-refractivity contribution in [3.8, 4) is 16.9 Å². The molecule has 0 bridgehead atoms. The lowest BCUT2D eigenvalue weighted by Gasteiger charge is -2.07. The first-order valence-corrected chi connectivity index (χ1v) is 9.62. The molecule has 0 saturated carbocycles. The van der Waals surface area contributed by atoms with E-state index in [2.05, 4.69) is 37.9 Å². The summed E-state index contributed by atoms with van der Waals surface area (Å²) in [5, 5.41) is 12.7. The number of para-hydroxylation sites is 1. The van der Waals surface area contributed by atoms with E-state index in [9.17, 15) is 9.59 Å². The summed E-state index contributed by atoms with van der Waals surface area (Å²) in [5.74, 6) is -1.37. The lowest BCUT2D eigenvalue weighted by molar-refractivity contribution is 0.0549. The Morgan fingerprint density at radius 2 is 1.76 bits per heavy atom. The van der Waals surface area contributed by atoms with Gasteiger partial charge in [0.15, 0.2) is 5.69 Å². The minimum Gasteiger partial charge on any atom is -0.465 e. The zero-order valence-corrected chi connectivity index (χ0v) is 17.6. The largest absolute Gasteiger partial charge is 0.465 e. The number of aromatic amines is 1. The predicted octanol–water partition coefficient (Wildman–Crippen LogP) is 3.59. The van der Waals surface area contributed by atoms with E-state index in [-0.39, 0.29) is 11.3 Å². The molecule has 0 atom stereocenters. The number of aromatic nitrogens is 4. The molecule has 0 amide bonds. The summed E-state index contributed by atoms with van der Waals surface area (Å²) >= 11 is 2.16. The molecule has 9 heteroatoms. The van der Waals surface area contributed by atoms with Crippen molar-refractivity contribution in [1.29, 1.82) is 0 Å². The number of fused-ring (bicyclic) bond motifs is 1.